The van der Waals surface area contributed by atoms with Crippen LogP contribution in [0.5, 0.6) is 0 Å². The topological polar surface area (TPSA) is 46.0 Å². The number of hydrogen-bond acceptors (Lipinski definition) is 3. The van der Waals surface area contributed by atoms with E-state index in [1.807, 2.05) is 0 Å². The first kappa shape index (κ1) is 7.28. The summed E-state index contributed by atoms with van der Waals surface area (Å²) in [6.07, 6.45) is 1.47. The van der Waals surface area contributed by atoms with Crippen LogP contribution in [0, 0.1) is 0 Å². The van der Waals surface area contributed by atoms with Crippen LogP contribution in [-0.4, -0.2) is 31.0 Å². The van der Waals surface area contributed by atoms with Crippen molar-refractivity contribution in [1.29, 1.82) is 0 Å². The lowest BCUT2D eigenvalue weighted by Crippen LogP contribution is -2.27. The first-order valence-corrected chi connectivity index (χ1v) is 2.69. The van der Waals surface area contributed by atoms with Crippen LogP contribution < -0.4 is 0 Å². The Morgan fingerprint density at radius 2 is 2.20 bits per heavy atom. The number of aromatic nitrogens is 2. The van der Waals surface area contributed by atoms with Crippen molar-refractivity contribution in [2.75, 3.05) is 0 Å². The Balaban J connectivity index is 2.97. The number of nitrogens with zero attached hydrogens (tertiary/aromatic N) is 2. The van der Waals surface area contributed by atoms with E-state index in [1.54, 1.807) is 6.07 Å². The summed E-state index contributed by atoms with van der Waals surface area (Å²) in [6.45, 7) is 0. The quantitative estimate of drug-likeness (QED) is 0.491. The van der Waals surface area contributed by atoms with E-state index in [1.165, 1.54) is 12.3 Å². The molecule has 0 bridgehead atoms. The van der Waals surface area contributed by atoms with Crippen LogP contribution in [0.2, 0.25) is 0 Å². The van der Waals surface area contributed by atoms with Gasteiger partial charge in [0.25, 0.3) is 0 Å². The summed E-state index contributed by atoms with van der Waals surface area (Å²) >= 11 is 0. The van der Waals surface area contributed by atoms with E-state index in [4.69, 9.17) is 20.8 Å². The maximum Gasteiger partial charge on any atom is 0.108 e. The van der Waals surface area contributed by atoms with Crippen LogP contribution in [0.25, 0.3) is 0 Å². The van der Waals surface area contributed by atoms with Gasteiger partial charge in [-0.3, -0.25) is 0 Å². The molecule has 1 aromatic rings. The maximum absolute atomic E-state index is 8.94. The fourth-order valence-corrected chi connectivity index (χ4v) is 0.515. The molecule has 0 spiro atoms. The smallest absolute Gasteiger partial charge is 0.108 e. The molecule has 0 aliphatic heterocycles. The molecule has 0 unspecified atom stereocenters. The molecule has 4 radical (unpaired) electrons. The van der Waals surface area contributed by atoms with Gasteiger partial charge in [-0.15, -0.1) is 0 Å². The Hall–Kier alpha value is -0.830. The van der Waals surface area contributed by atoms with Gasteiger partial charge in [0.15, 0.2) is 0 Å². The fourth-order valence-electron chi connectivity index (χ4n) is 0.515. The lowest BCUT2D eigenvalue weighted by Gasteiger charge is -2.15. The van der Waals surface area contributed by atoms with E-state index in [0.717, 1.165) is 0 Å². The third kappa shape index (κ3) is 1.57. The minimum atomic E-state index is -1.88. The summed E-state index contributed by atoms with van der Waals surface area (Å²) in [7, 11) is 10.2. The first-order chi connectivity index (χ1) is 4.61. The molecule has 0 aliphatic rings. The summed E-state index contributed by atoms with van der Waals surface area (Å²) < 4.78 is 0. The minimum Gasteiger partial charge on any atom is -0.403 e. The third-order valence-corrected chi connectivity index (χ3v) is 0.983. The predicted octanol–water partition coefficient (Wildman–Crippen LogP) is -1.08. The second-order valence-electron chi connectivity index (χ2n) is 1.93. The van der Waals surface area contributed by atoms with Crippen LogP contribution in [0.4, 0.5) is 0 Å². The molecule has 0 aromatic carbocycles. The molecule has 1 rings (SSSR count). The van der Waals surface area contributed by atoms with E-state index >= 15 is 0 Å². The number of rotatable bonds is 1. The highest BCUT2D eigenvalue weighted by atomic mass is 16.3. The highest BCUT2D eigenvalue weighted by Crippen LogP contribution is 2.06. The summed E-state index contributed by atoms with van der Waals surface area (Å²) in [6, 6.07) is 3.08. The molecule has 0 amide bonds. The first-order valence-electron chi connectivity index (χ1n) is 2.69. The molecule has 0 fully saturated rings. The molecule has 0 atom stereocenters. The van der Waals surface area contributed by atoms with Gasteiger partial charge in [0.2, 0.25) is 0 Å². The molecule has 1 N–H and O–H groups in total. The molecular formula is C5H4B2N2O. The van der Waals surface area contributed by atoms with Crippen molar-refractivity contribution in [2.45, 2.75) is 5.40 Å². The summed E-state index contributed by atoms with van der Waals surface area (Å²) in [4.78, 5) is 0. The number of hydrogen-bond donors (Lipinski definition) is 1. The van der Waals surface area contributed by atoms with E-state index in [9.17, 15) is 0 Å². The number of aliphatic hydroxyl groups is 1. The zero-order chi connectivity index (χ0) is 7.61. The van der Waals surface area contributed by atoms with Gasteiger partial charge in [-0.1, -0.05) is 0 Å². The average Bonchev–Trinajstić information content (AvgIpc) is 1.88. The van der Waals surface area contributed by atoms with Gasteiger partial charge in [0.05, 0.1) is 5.69 Å². The maximum atomic E-state index is 8.94. The van der Waals surface area contributed by atoms with Gasteiger partial charge in [0.1, 0.15) is 15.7 Å². The molecular weight excluding hydrogens is 126 g/mol. The van der Waals surface area contributed by atoms with Gasteiger partial charge in [-0.2, -0.15) is 10.2 Å². The van der Waals surface area contributed by atoms with E-state index < -0.39 is 5.40 Å². The second-order valence-corrected chi connectivity index (χ2v) is 1.93. The monoisotopic (exact) mass is 130 g/mol. The SMILES string of the molecule is [B]C([B])(O)c1cccnn1. The Morgan fingerprint density at radius 3 is 2.50 bits per heavy atom. The summed E-state index contributed by atoms with van der Waals surface area (Å²) in [5.41, 5.74) is 0.148. The normalized spacial score (nSPS) is 11.3. The lowest BCUT2D eigenvalue weighted by atomic mass is 9.63. The van der Waals surface area contributed by atoms with Crippen molar-refractivity contribution < 1.29 is 5.11 Å². The van der Waals surface area contributed by atoms with Crippen molar-refractivity contribution in [3.63, 3.8) is 0 Å². The van der Waals surface area contributed by atoms with Gasteiger partial charge >= 0.3 is 0 Å². The zero-order valence-electron chi connectivity index (χ0n) is 5.23. The van der Waals surface area contributed by atoms with Crippen molar-refractivity contribution in [1.82, 2.24) is 10.2 Å². The molecule has 5 heteroatoms. The van der Waals surface area contributed by atoms with Crippen LogP contribution in [0.1, 0.15) is 5.69 Å². The third-order valence-electron chi connectivity index (χ3n) is 0.983. The molecule has 46 valence electrons. The molecule has 0 saturated heterocycles. The highest BCUT2D eigenvalue weighted by molar-refractivity contribution is 6.38. The van der Waals surface area contributed by atoms with Gasteiger partial charge < -0.3 is 5.11 Å². The van der Waals surface area contributed by atoms with Crippen molar-refractivity contribution in [3.8, 4) is 0 Å². The largest absolute Gasteiger partial charge is 0.403 e. The van der Waals surface area contributed by atoms with Crippen LogP contribution in [0.3, 0.4) is 0 Å². The van der Waals surface area contributed by atoms with Crippen LogP contribution in [0.15, 0.2) is 18.3 Å². The Bertz CT molecular complexity index is 209. The molecule has 10 heavy (non-hydrogen) atoms. The van der Waals surface area contributed by atoms with E-state index in [2.05, 4.69) is 10.2 Å². The van der Waals surface area contributed by atoms with Crippen molar-refractivity contribution in [3.05, 3.63) is 24.0 Å². The Morgan fingerprint density at radius 1 is 1.50 bits per heavy atom. The van der Waals surface area contributed by atoms with Gasteiger partial charge in [-0.05, 0) is 12.1 Å². The van der Waals surface area contributed by atoms with Crippen molar-refractivity contribution in [2.24, 2.45) is 0 Å². The molecule has 1 heterocycles. The van der Waals surface area contributed by atoms with E-state index in [0.29, 0.717) is 0 Å². The zero-order valence-corrected chi connectivity index (χ0v) is 5.23. The molecule has 1 aromatic heterocycles. The lowest BCUT2D eigenvalue weighted by molar-refractivity contribution is 0.210. The van der Waals surface area contributed by atoms with Gasteiger partial charge in [-0.25, -0.2) is 0 Å². The Kier molecular flexibility index (Phi) is 1.76. The van der Waals surface area contributed by atoms with Crippen LogP contribution >= 0.6 is 0 Å². The Labute approximate surface area is 61.3 Å². The van der Waals surface area contributed by atoms with E-state index in [-0.39, 0.29) is 5.69 Å². The van der Waals surface area contributed by atoms with Crippen LogP contribution in [-0.2, 0) is 5.40 Å². The summed E-state index contributed by atoms with van der Waals surface area (Å²) in [5, 5.41) is 14.0. The molecule has 0 aliphatic carbocycles. The minimum absolute atomic E-state index is 0.148. The average molecular weight is 130 g/mol. The van der Waals surface area contributed by atoms with Gasteiger partial charge in [0, 0.05) is 11.6 Å². The molecule has 0 saturated carbocycles. The van der Waals surface area contributed by atoms with Crippen molar-refractivity contribution >= 4 is 15.7 Å². The summed E-state index contributed by atoms with van der Waals surface area (Å²) in [5.74, 6) is 0. The highest BCUT2D eigenvalue weighted by Gasteiger charge is 2.15. The second kappa shape index (κ2) is 2.42. The predicted molar refractivity (Wildman–Crippen MR) is 37.4 cm³/mol. The fraction of sp³-hybridized carbons (Fsp3) is 0.200. The molecule has 3 nitrogen and oxygen atoms in total. The standard InChI is InChI=1S/C5H4B2N2O/c6-5(7,10)4-2-1-3-8-9-4/h1-3,10H.